The van der Waals surface area contributed by atoms with Crippen molar-refractivity contribution in [3.63, 3.8) is 0 Å². The molecule has 0 saturated carbocycles. The molecule has 0 radical (unpaired) electrons. The number of rotatable bonds is 12. The molecule has 190 valence electrons. The third kappa shape index (κ3) is 6.65. The van der Waals surface area contributed by atoms with E-state index in [-0.39, 0.29) is 13.2 Å². The van der Waals surface area contributed by atoms with Crippen LogP contribution < -0.4 is 19.3 Å². The third-order valence-electron chi connectivity index (χ3n) is 5.40. The third-order valence-corrected chi connectivity index (χ3v) is 5.40. The first-order valence-corrected chi connectivity index (χ1v) is 11.5. The second-order valence-corrected chi connectivity index (χ2v) is 7.46. The molecule has 9 nitrogen and oxygen atoms in total. The van der Waals surface area contributed by atoms with Crippen LogP contribution in [0.1, 0.15) is 27.7 Å². The standard InChI is InChI=1S/C26H34N2O7/c1-7-27(19-10-14-21(32-5)15-11-19)23(25(30)34-8-2)24(26(31)35-9-3)28(18(4)29)20-12-16-22(33-6)17-13-20/h10-17,23-24H,7-9H2,1-6H3. The van der Waals surface area contributed by atoms with Crippen LogP contribution in [0.15, 0.2) is 48.5 Å². The Hall–Kier alpha value is -3.75. The number of hydrogen-bond donors (Lipinski definition) is 0. The Morgan fingerprint density at radius 2 is 1.14 bits per heavy atom. The number of carbonyl (C=O) groups excluding carboxylic acids is 3. The average molecular weight is 487 g/mol. The van der Waals surface area contributed by atoms with Gasteiger partial charge in [-0.15, -0.1) is 0 Å². The molecule has 0 saturated heterocycles. The van der Waals surface area contributed by atoms with E-state index in [0.29, 0.717) is 29.4 Å². The fourth-order valence-corrected chi connectivity index (χ4v) is 3.85. The number of ether oxygens (including phenoxy) is 4. The van der Waals surface area contributed by atoms with Gasteiger partial charge in [-0.25, -0.2) is 9.59 Å². The van der Waals surface area contributed by atoms with E-state index in [1.165, 1.54) is 18.9 Å². The molecule has 0 aliphatic carbocycles. The first-order chi connectivity index (χ1) is 16.8. The lowest BCUT2D eigenvalue weighted by molar-refractivity contribution is -0.153. The van der Waals surface area contributed by atoms with E-state index in [0.717, 1.165) is 0 Å². The Balaban J connectivity index is 2.71. The zero-order valence-electron chi connectivity index (χ0n) is 21.1. The predicted octanol–water partition coefficient (Wildman–Crippen LogP) is 3.45. The Labute approximate surface area is 206 Å². The van der Waals surface area contributed by atoms with E-state index in [1.807, 2.05) is 6.92 Å². The monoisotopic (exact) mass is 486 g/mol. The normalized spacial score (nSPS) is 12.2. The summed E-state index contributed by atoms with van der Waals surface area (Å²) in [5.74, 6) is -0.580. The summed E-state index contributed by atoms with van der Waals surface area (Å²) in [6, 6.07) is 11.2. The van der Waals surface area contributed by atoms with Gasteiger partial charge >= 0.3 is 11.9 Å². The number of carbonyl (C=O) groups is 3. The van der Waals surface area contributed by atoms with Gasteiger partial charge in [0.1, 0.15) is 11.5 Å². The quantitative estimate of drug-likeness (QED) is 0.421. The topological polar surface area (TPSA) is 94.6 Å². The van der Waals surface area contributed by atoms with E-state index in [1.54, 1.807) is 74.4 Å². The molecule has 0 heterocycles. The van der Waals surface area contributed by atoms with Crippen molar-refractivity contribution < 1.29 is 33.3 Å². The van der Waals surface area contributed by atoms with Crippen LogP contribution in [0.4, 0.5) is 11.4 Å². The molecule has 2 aromatic carbocycles. The van der Waals surface area contributed by atoms with E-state index < -0.39 is 29.9 Å². The van der Waals surface area contributed by atoms with Crippen LogP contribution >= 0.6 is 0 Å². The van der Waals surface area contributed by atoms with Gasteiger partial charge in [0.2, 0.25) is 5.91 Å². The lowest BCUT2D eigenvalue weighted by Crippen LogP contribution is -2.61. The smallest absolute Gasteiger partial charge is 0.332 e. The van der Waals surface area contributed by atoms with Crippen LogP contribution in [-0.4, -0.2) is 63.9 Å². The molecule has 0 spiro atoms. The van der Waals surface area contributed by atoms with E-state index in [9.17, 15) is 14.4 Å². The van der Waals surface area contributed by atoms with Gasteiger partial charge in [-0.1, -0.05) is 0 Å². The molecule has 0 fully saturated rings. The number of methoxy groups -OCH3 is 2. The molecule has 0 aliphatic heterocycles. The molecule has 2 rings (SSSR count). The highest BCUT2D eigenvalue weighted by atomic mass is 16.5. The maximum Gasteiger partial charge on any atom is 0.332 e. The molecule has 9 heteroatoms. The molecule has 2 aromatic rings. The number of hydrogen-bond acceptors (Lipinski definition) is 8. The van der Waals surface area contributed by atoms with Crippen LogP contribution in [0.25, 0.3) is 0 Å². The minimum atomic E-state index is -1.32. The van der Waals surface area contributed by atoms with Crippen LogP contribution in [0.3, 0.4) is 0 Å². The summed E-state index contributed by atoms with van der Waals surface area (Å²) >= 11 is 0. The molecule has 35 heavy (non-hydrogen) atoms. The summed E-state index contributed by atoms with van der Waals surface area (Å²) in [7, 11) is 3.09. The lowest BCUT2D eigenvalue weighted by atomic mass is 10.0. The van der Waals surface area contributed by atoms with Gasteiger partial charge in [-0.3, -0.25) is 9.69 Å². The number of benzene rings is 2. The van der Waals surface area contributed by atoms with Gasteiger partial charge < -0.3 is 23.8 Å². The second kappa shape index (κ2) is 13.2. The Kier molecular flexibility index (Phi) is 10.4. The maximum absolute atomic E-state index is 13.4. The van der Waals surface area contributed by atoms with E-state index in [4.69, 9.17) is 18.9 Å². The first-order valence-electron chi connectivity index (χ1n) is 11.5. The second-order valence-electron chi connectivity index (χ2n) is 7.46. The number of likely N-dealkylation sites (N-methyl/N-ethyl adjacent to an activating group) is 1. The number of anilines is 2. The molecule has 2 unspecified atom stereocenters. The van der Waals surface area contributed by atoms with Gasteiger partial charge in [-0.05, 0) is 69.3 Å². The lowest BCUT2D eigenvalue weighted by Gasteiger charge is -2.40. The molecule has 0 aliphatic rings. The van der Waals surface area contributed by atoms with Crippen molar-refractivity contribution >= 4 is 29.2 Å². The van der Waals surface area contributed by atoms with Gasteiger partial charge in [0.25, 0.3) is 0 Å². The molecule has 2 atom stereocenters. The molecule has 1 amide bonds. The Morgan fingerprint density at radius 1 is 0.714 bits per heavy atom. The number of nitrogens with zero attached hydrogens (tertiary/aromatic N) is 2. The van der Waals surface area contributed by atoms with E-state index >= 15 is 0 Å². The summed E-state index contributed by atoms with van der Waals surface area (Å²) in [5.41, 5.74) is 1.07. The summed E-state index contributed by atoms with van der Waals surface area (Å²) in [5, 5.41) is 0. The fourth-order valence-electron chi connectivity index (χ4n) is 3.85. The largest absolute Gasteiger partial charge is 0.497 e. The zero-order valence-corrected chi connectivity index (χ0v) is 21.1. The Bertz CT molecular complexity index is 976. The van der Waals surface area contributed by atoms with Crippen LogP contribution in [0.5, 0.6) is 11.5 Å². The van der Waals surface area contributed by atoms with Crippen LogP contribution in [-0.2, 0) is 23.9 Å². The zero-order chi connectivity index (χ0) is 26.0. The highest BCUT2D eigenvalue weighted by Crippen LogP contribution is 2.29. The van der Waals surface area contributed by atoms with Gasteiger partial charge in [0, 0.05) is 24.8 Å². The summed E-state index contributed by atoms with van der Waals surface area (Å²) < 4.78 is 21.2. The van der Waals surface area contributed by atoms with Crippen molar-refractivity contribution in [2.24, 2.45) is 0 Å². The van der Waals surface area contributed by atoms with Crippen molar-refractivity contribution in [1.82, 2.24) is 0 Å². The van der Waals surface area contributed by atoms with Crippen molar-refractivity contribution in [1.29, 1.82) is 0 Å². The average Bonchev–Trinajstić information content (AvgIpc) is 2.86. The van der Waals surface area contributed by atoms with Crippen molar-refractivity contribution in [3.05, 3.63) is 48.5 Å². The number of esters is 2. The van der Waals surface area contributed by atoms with Gasteiger partial charge in [0.15, 0.2) is 12.1 Å². The van der Waals surface area contributed by atoms with Crippen molar-refractivity contribution in [2.45, 2.75) is 39.8 Å². The summed E-state index contributed by atoms with van der Waals surface area (Å²) in [6.45, 7) is 7.07. The molecular formula is C26H34N2O7. The predicted molar refractivity (Wildman–Crippen MR) is 133 cm³/mol. The van der Waals surface area contributed by atoms with Crippen molar-refractivity contribution in [2.75, 3.05) is 43.8 Å². The summed E-state index contributed by atoms with van der Waals surface area (Å²) in [4.78, 5) is 42.7. The molecular weight excluding hydrogens is 452 g/mol. The molecule has 0 bridgehead atoms. The number of amides is 1. The maximum atomic E-state index is 13.4. The SMILES string of the molecule is CCOC(=O)C(C(C(=O)OCC)N(C(C)=O)c1ccc(OC)cc1)N(CC)c1ccc(OC)cc1. The highest BCUT2D eigenvalue weighted by molar-refractivity contribution is 6.02. The van der Waals surface area contributed by atoms with Gasteiger partial charge in [-0.2, -0.15) is 0 Å². The van der Waals surface area contributed by atoms with Crippen molar-refractivity contribution in [3.8, 4) is 11.5 Å². The van der Waals surface area contributed by atoms with Gasteiger partial charge in [0.05, 0.1) is 27.4 Å². The first kappa shape index (κ1) is 27.5. The minimum absolute atomic E-state index is 0.0773. The summed E-state index contributed by atoms with van der Waals surface area (Å²) in [6.07, 6.45) is 0. The molecule has 0 N–H and O–H groups in total. The highest BCUT2D eigenvalue weighted by Gasteiger charge is 2.45. The minimum Gasteiger partial charge on any atom is -0.497 e. The van der Waals surface area contributed by atoms with E-state index in [2.05, 4.69) is 0 Å². The molecule has 0 aromatic heterocycles. The Morgan fingerprint density at radius 3 is 1.51 bits per heavy atom. The van der Waals surface area contributed by atoms with Crippen LogP contribution in [0.2, 0.25) is 0 Å². The van der Waals surface area contributed by atoms with Crippen LogP contribution in [0, 0.1) is 0 Å². The fraction of sp³-hybridized carbons (Fsp3) is 0.423.